The fourth-order valence-corrected chi connectivity index (χ4v) is 4.04. The van der Waals surface area contributed by atoms with E-state index in [4.69, 9.17) is 5.73 Å². The molecule has 0 spiro atoms. The Morgan fingerprint density at radius 1 is 0.857 bits per heavy atom. The summed E-state index contributed by atoms with van der Waals surface area (Å²) in [6, 6.07) is 21.5. The van der Waals surface area contributed by atoms with Crippen molar-refractivity contribution in [3.8, 4) is 11.8 Å². The highest BCUT2D eigenvalue weighted by atomic mass is 16.2. The summed E-state index contributed by atoms with van der Waals surface area (Å²) in [5.74, 6) is 5.80. The van der Waals surface area contributed by atoms with Gasteiger partial charge in [0.2, 0.25) is 0 Å². The van der Waals surface area contributed by atoms with Gasteiger partial charge in [-0.1, -0.05) is 36.5 Å². The molecule has 3 aromatic rings. The maximum Gasteiger partial charge on any atom is 0.256 e. The number of nitrogens with zero attached hydrogens (tertiary/aromatic N) is 1. The minimum Gasteiger partial charge on any atom is -0.399 e. The standard InChI is InChI=1S/C29H30N4O2/c30-25-15-16-27(29(35)32-26-7-3-1-4-8-26)24(21-25)14-11-22-9-12-23(13-10-22)28(34)31-17-20-33-18-5-2-6-19-33/h1,3-4,7-10,12-13,15-16,21H,2,5-6,17-20,30H2,(H,31,34)(H,32,35). The van der Waals surface area contributed by atoms with Crippen molar-refractivity contribution in [2.45, 2.75) is 19.3 Å². The van der Waals surface area contributed by atoms with Crippen LogP contribution < -0.4 is 16.4 Å². The molecule has 3 aromatic carbocycles. The van der Waals surface area contributed by atoms with Crippen LogP contribution in [0.15, 0.2) is 72.8 Å². The zero-order valence-corrected chi connectivity index (χ0v) is 19.7. The van der Waals surface area contributed by atoms with E-state index < -0.39 is 0 Å². The quantitative estimate of drug-likeness (QED) is 0.376. The third-order valence-electron chi connectivity index (χ3n) is 5.97. The van der Waals surface area contributed by atoms with E-state index >= 15 is 0 Å². The third kappa shape index (κ3) is 6.95. The fraction of sp³-hybridized carbons (Fsp3) is 0.241. The monoisotopic (exact) mass is 466 g/mol. The van der Waals surface area contributed by atoms with Gasteiger partial charge in [0.1, 0.15) is 0 Å². The van der Waals surface area contributed by atoms with Gasteiger partial charge in [0.25, 0.3) is 11.8 Å². The maximum absolute atomic E-state index is 12.8. The predicted octanol–water partition coefficient (Wildman–Crippen LogP) is 4.14. The van der Waals surface area contributed by atoms with Crippen LogP contribution >= 0.6 is 0 Å². The van der Waals surface area contributed by atoms with Gasteiger partial charge in [-0.05, 0) is 80.5 Å². The van der Waals surface area contributed by atoms with Crippen LogP contribution in [0.4, 0.5) is 11.4 Å². The lowest BCUT2D eigenvalue weighted by molar-refractivity contribution is 0.0945. The second-order valence-electron chi connectivity index (χ2n) is 8.61. The zero-order chi connectivity index (χ0) is 24.5. The summed E-state index contributed by atoms with van der Waals surface area (Å²) in [4.78, 5) is 27.7. The van der Waals surface area contributed by atoms with Crippen LogP contribution in [0.25, 0.3) is 0 Å². The molecule has 0 aromatic heterocycles. The topological polar surface area (TPSA) is 87.5 Å². The number of rotatable bonds is 6. The van der Waals surface area contributed by atoms with E-state index in [0.717, 1.165) is 25.2 Å². The van der Waals surface area contributed by atoms with E-state index in [1.54, 1.807) is 30.3 Å². The Kier molecular flexibility index (Phi) is 8.16. The smallest absolute Gasteiger partial charge is 0.256 e. The molecule has 1 aliphatic rings. The molecule has 35 heavy (non-hydrogen) atoms. The van der Waals surface area contributed by atoms with Gasteiger partial charge in [0, 0.05) is 41.2 Å². The van der Waals surface area contributed by atoms with Gasteiger partial charge in [-0.25, -0.2) is 0 Å². The van der Waals surface area contributed by atoms with Crippen molar-refractivity contribution in [2.24, 2.45) is 0 Å². The minimum absolute atomic E-state index is 0.0859. The highest BCUT2D eigenvalue weighted by Gasteiger charge is 2.12. The number of nitrogens with one attached hydrogen (secondary N) is 2. The van der Waals surface area contributed by atoms with Crippen molar-refractivity contribution < 1.29 is 9.59 Å². The van der Waals surface area contributed by atoms with Crippen LogP contribution in [0.5, 0.6) is 0 Å². The van der Waals surface area contributed by atoms with E-state index in [1.807, 2.05) is 42.5 Å². The third-order valence-corrected chi connectivity index (χ3v) is 5.97. The van der Waals surface area contributed by atoms with Gasteiger partial charge in [-0.3, -0.25) is 9.59 Å². The molecule has 4 N–H and O–H groups in total. The first-order chi connectivity index (χ1) is 17.1. The molecule has 0 atom stereocenters. The summed E-state index contributed by atoms with van der Waals surface area (Å²) in [6.45, 7) is 3.76. The molecule has 0 aliphatic carbocycles. The number of hydrogen-bond donors (Lipinski definition) is 3. The van der Waals surface area contributed by atoms with Gasteiger partial charge in [-0.2, -0.15) is 0 Å². The molecule has 1 heterocycles. The Labute approximate surface area is 206 Å². The second-order valence-corrected chi connectivity index (χ2v) is 8.61. The van der Waals surface area contributed by atoms with Crippen molar-refractivity contribution in [1.29, 1.82) is 0 Å². The van der Waals surface area contributed by atoms with E-state index in [2.05, 4.69) is 27.4 Å². The molecule has 0 saturated carbocycles. The average molecular weight is 467 g/mol. The Morgan fingerprint density at radius 2 is 1.60 bits per heavy atom. The number of amides is 2. The van der Waals surface area contributed by atoms with E-state index in [-0.39, 0.29) is 11.8 Å². The Morgan fingerprint density at radius 3 is 2.34 bits per heavy atom. The van der Waals surface area contributed by atoms with E-state index in [1.165, 1.54) is 19.3 Å². The number of nitrogens with two attached hydrogens (primary N) is 1. The average Bonchev–Trinajstić information content (AvgIpc) is 2.89. The lowest BCUT2D eigenvalue weighted by atomic mass is 10.0. The second kappa shape index (κ2) is 11.9. The first-order valence-electron chi connectivity index (χ1n) is 12.0. The number of carbonyl (C=O) groups excluding carboxylic acids is 2. The molecule has 1 fully saturated rings. The van der Waals surface area contributed by atoms with Crippen LogP contribution in [0.3, 0.4) is 0 Å². The molecule has 0 radical (unpaired) electrons. The summed E-state index contributed by atoms with van der Waals surface area (Å²) in [7, 11) is 0. The van der Waals surface area contributed by atoms with Gasteiger partial charge in [0.15, 0.2) is 0 Å². The summed E-state index contributed by atoms with van der Waals surface area (Å²) in [5, 5.41) is 5.87. The fourth-order valence-electron chi connectivity index (χ4n) is 4.04. The lowest BCUT2D eigenvalue weighted by Crippen LogP contribution is -2.37. The molecule has 1 aliphatic heterocycles. The molecule has 4 rings (SSSR count). The van der Waals surface area contributed by atoms with Crippen molar-refractivity contribution in [3.63, 3.8) is 0 Å². The predicted molar refractivity (Wildman–Crippen MR) is 140 cm³/mol. The minimum atomic E-state index is -0.253. The zero-order valence-electron chi connectivity index (χ0n) is 19.7. The number of piperidine rings is 1. The van der Waals surface area contributed by atoms with Crippen molar-refractivity contribution in [3.05, 3.63) is 95.1 Å². The van der Waals surface area contributed by atoms with Crippen LogP contribution in [0.2, 0.25) is 0 Å². The Balaban J connectivity index is 1.39. The highest BCUT2D eigenvalue weighted by molar-refractivity contribution is 6.06. The number of benzene rings is 3. The molecular formula is C29H30N4O2. The number of anilines is 2. The van der Waals surface area contributed by atoms with Crippen LogP contribution in [0, 0.1) is 11.8 Å². The molecule has 6 heteroatoms. The van der Waals surface area contributed by atoms with Gasteiger partial charge in [-0.15, -0.1) is 0 Å². The van der Waals surface area contributed by atoms with Gasteiger partial charge >= 0.3 is 0 Å². The molecule has 2 amide bonds. The van der Waals surface area contributed by atoms with Crippen LogP contribution in [-0.2, 0) is 0 Å². The number of para-hydroxylation sites is 1. The molecular weight excluding hydrogens is 436 g/mol. The number of carbonyl (C=O) groups is 2. The molecule has 6 nitrogen and oxygen atoms in total. The summed E-state index contributed by atoms with van der Waals surface area (Å²) < 4.78 is 0. The summed E-state index contributed by atoms with van der Waals surface area (Å²) in [6.07, 6.45) is 3.79. The van der Waals surface area contributed by atoms with E-state index in [0.29, 0.717) is 34.6 Å². The van der Waals surface area contributed by atoms with Crippen LogP contribution in [0.1, 0.15) is 51.1 Å². The van der Waals surface area contributed by atoms with Crippen molar-refractivity contribution >= 4 is 23.2 Å². The van der Waals surface area contributed by atoms with Crippen molar-refractivity contribution in [2.75, 3.05) is 37.2 Å². The summed E-state index contributed by atoms with van der Waals surface area (Å²) in [5.41, 5.74) is 9.50. The normalized spacial score (nSPS) is 13.4. The maximum atomic E-state index is 12.8. The lowest BCUT2D eigenvalue weighted by Gasteiger charge is -2.26. The molecule has 0 bridgehead atoms. The van der Waals surface area contributed by atoms with Crippen molar-refractivity contribution in [1.82, 2.24) is 10.2 Å². The number of hydrogen-bond acceptors (Lipinski definition) is 4. The molecule has 178 valence electrons. The summed E-state index contributed by atoms with van der Waals surface area (Å²) >= 11 is 0. The number of likely N-dealkylation sites (tertiary alicyclic amines) is 1. The first-order valence-corrected chi connectivity index (χ1v) is 12.0. The highest BCUT2D eigenvalue weighted by Crippen LogP contribution is 2.16. The first kappa shape index (κ1) is 24.1. The number of nitrogen functional groups attached to an aromatic ring is 1. The molecule has 1 saturated heterocycles. The Bertz CT molecular complexity index is 1220. The SMILES string of the molecule is Nc1ccc(C(=O)Nc2ccccc2)c(C#Cc2ccc(C(=O)NCCN3CCCCC3)cc2)c1. The van der Waals surface area contributed by atoms with Gasteiger partial charge in [0.05, 0.1) is 5.56 Å². The van der Waals surface area contributed by atoms with Crippen LogP contribution in [-0.4, -0.2) is 42.9 Å². The van der Waals surface area contributed by atoms with E-state index in [9.17, 15) is 9.59 Å². The Hall–Kier alpha value is -4.08. The largest absolute Gasteiger partial charge is 0.399 e. The van der Waals surface area contributed by atoms with Gasteiger partial charge < -0.3 is 21.3 Å². The molecule has 0 unspecified atom stereocenters.